The largest absolute Gasteiger partial charge is 0.455 e. The molecule has 4 rings (SSSR count). The summed E-state index contributed by atoms with van der Waals surface area (Å²) in [6, 6.07) is 14.9. The van der Waals surface area contributed by atoms with E-state index in [4.69, 9.17) is 9.15 Å². The van der Waals surface area contributed by atoms with Gasteiger partial charge in [0.2, 0.25) is 5.89 Å². The summed E-state index contributed by atoms with van der Waals surface area (Å²) in [6.07, 6.45) is 1.50. The minimum atomic E-state index is -0.394. The van der Waals surface area contributed by atoms with Gasteiger partial charge in [-0.3, -0.25) is 0 Å². The number of rotatable bonds is 4. The molecule has 0 radical (unpaired) electrons. The van der Waals surface area contributed by atoms with Gasteiger partial charge in [0.05, 0.1) is 21.3 Å². The molecular formula is C18H12N2O3S. The first kappa shape index (κ1) is 14.6. The van der Waals surface area contributed by atoms with Crippen molar-refractivity contribution in [3.05, 3.63) is 71.6 Å². The molecule has 0 fully saturated rings. The van der Waals surface area contributed by atoms with Crippen LogP contribution in [-0.2, 0) is 11.3 Å². The van der Waals surface area contributed by atoms with E-state index in [1.54, 1.807) is 17.6 Å². The van der Waals surface area contributed by atoms with E-state index < -0.39 is 5.97 Å². The molecule has 0 saturated heterocycles. The molecule has 0 aliphatic carbocycles. The molecular weight excluding hydrogens is 324 g/mol. The molecule has 0 saturated carbocycles. The number of esters is 1. The number of fused-ring (bicyclic) bond motifs is 1. The van der Waals surface area contributed by atoms with Crippen molar-refractivity contribution in [1.82, 2.24) is 9.97 Å². The van der Waals surface area contributed by atoms with Gasteiger partial charge in [-0.1, -0.05) is 18.2 Å². The quantitative estimate of drug-likeness (QED) is 0.520. The highest BCUT2D eigenvalue weighted by Crippen LogP contribution is 2.21. The van der Waals surface area contributed by atoms with Gasteiger partial charge in [0.1, 0.15) is 18.6 Å². The van der Waals surface area contributed by atoms with Crippen LogP contribution in [0.15, 0.2) is 64.7 Å². The van der Waals surface area contributed by atoms with Crippen LogP contribution >= 0.6 is 11.3 Å². The zero-order valence-corrected chi connectivity index (χ0v) is 13.3. The Morgan fingerprint density at radius 3 is 2.92 bits per heavy atom. The van der Waals surface area contributed by atoms with E-state index in [9.17, 15) is 4.79 Å². The second-order valence-corrected chi connectivity index (χ2v) is 6.01. The van der Waals surface area contributed by atoms with Crippen LogP contribution in [0.2, 0.25) is 0 Å². The lowest BCUT2D eigenvalue weighted by Crippen LogP contribution is -2.05. The van der Waals surface area contributed by atoms with Gasteiger partial charge < -0.3 is 9.15 Å². The topological polar surface area (TPSA) is 65.2 Å². The number of carbonyl (C=O) groups is 1. The van der Waals surface area contributed by atoms with E-state index in [0.29, 0.717) is 17.1 Å². The van der Waals surface area contributed by atoms with Crippen molar-refractivity contribution in [1.29, 1.82) is 0 Å². The molecule has 0 bridgehead atoms. The number of hydrogen-bond acceptors (Lipinski definition) is 6. The fourth-order valence-corrected chi connectivity index (χ4v) is 3.01. The molecule has 0 aliphatic rings. The maximum absolute atomic E-state index is 12.2. The first-order chi connectivity index (χ1) is 11.8. The van der Waals surface area contributed by atoms with Crippen LogP contribution < -0.4 is 0 Å². The average Bonchev–Trinajstić information content (AvgIpc) is 3.29. The Hall–Kier alpha value is -2.99. The summed E-state index contributed by atoms with van der Waals surface area (Å²) >= 11 is 1.49. The molecule has 118 valence electrons. The molecule has 4 aromatic rings. The summed E-state index contributed by atoms with van der Waals surface area (Å²) in [4.78, 5) is 20.7. The zero-order chi connectivity index (χ0) is 16.4. The van der Waals surface area contributed by atoms with Gasteiger partial charge in [0.15, 0.2) is 0 Å². The van der Waals surface area contributed by atoms with Crippen molar-refractivity contribution in [2.45, 2.75) is 6.61 Å². The first-order valence-corrected chi connectivity index (χ1v) is 8.18. The van der Waals surface area contributed by atoms with Crippen molar-refractivity contribution in [3.8, 4) is 11.5 Å². The van der Waals surface area contributed by atoms with Crippen LogP contribution in [0.5, 0.6) is 0 Å². The summed E-state index contributed by atoms with van der Waals surface area (Å²) in [7, 11) is 0. The van der Waals surface area contributed by atoms with Gasteiger partial charge in [-0.15, -0.1) is 11.3 Å². The third kappa shape index (κ3) is 2.91. The number of oxazole rings is 1. The van der Waals surface area contributed by atoms with E-state index in [0.717, 1.165) is 15.8 Å². The maximum atomic E-state index is 12.2. The van der Waals surface area contributed by atoms with Crippen LogP contribution in [0.3, 0.4) is 0 Å². The highest BCUT2D eigenvalue weighted by molar-refractivity contribution is 7.16. The number of ether oxygens (including phenoxy) is 1. The lowest BCUT2D eigenvalue weighted by molar-refractivity contribution is 0.0468. The number of thiazole rings is 1. The summed E-state index contributed by atoms with van der Waals surface area (Å²) in [6.45, 7) is 0.0654. The van der Waals surface area contributed by atoms with Crippen LogP contribution in [-0.4, -0.2) is 15.9 Å². The van der Waals surface area contributed by atoms with Crippen molar-refractivity contribution in [2.24, 2.45) is 0 Å². The summed E-state index contributed by atoms with van der Waals surface area (Å²) < 4.78 is 11.7. The van der Waals surface area contributed by atoms with Crippen LogP contribution in [0.4, 0.5) is 0 Å². The molecule has 0 spiro atoms. The van der Waals surface area contributed by atoms with Crippen LogP contribution in [0.25, 0.3) is 21.7 Å². The highest BCUT2D eigenvalue weighted by atomic mass is 32.1. The van der Waals surface area contributed by atoms with Crippen molar-refractivity contribution in [3.63, 3.8) is 0 Å². The van der Waals surface area contributed by atoms with Gasteiger partial charge in [0, 0.05) is 5.56 Å². The molecule has 0 unspecified atom stereocenters. The number of nitrogens with zero attached hydrogens (tertiary/aromatic N) is 2. The smallest absolute Gasteiger partial charge is 0.338 e. The van der Waals surface area contributed by atoms with E-state index >= 15 is 0 Å². The molecule has 24 heavy (non-hydrogen) atoms. The molecule has 0 N–H and O–H groups in total. The monoisotopic (exact) mass is 336 g/mol. The third-order valence-electron chi connectivity index (χ3n) is 3.49. The standard InChI is InChI=1S/C18H12N2O3S/c21-18(13-6-7-15-16(8-13)24-11-19-15)23-10-14-9-22-17(20-14)12-4-2-1-3-5-12/h1-9,11H,10H2. The maximum Gasteiger partial charge on any atom is 0.338 e. The van der Waals surface area contributed by atoms with Gasteiger partial charge in [0.25, 0.3) is 0 Å². The third-order valence-corrected chi connectivity index (χ3v) is 4.28. The van der Waals surface area contributed by atoms with Crippen LogP contribution in [0, 0.1) is 0 Å². The van der Waals surface area contributed by atoms with E-state index in [-0.39, 0.29) is 6.61 Å². The second-order valence-electron chi connectivity index (χ2n) is 5.12. The lowest BCUT2D eigenvalue weighted by Gasteiger charge is -2.02. The van der Waals surface area contributed by atoms with Gasteiger partial charge in [-0.25, -0.2) is 14.8 Å². The Kier molecular flexibility index (Phi) is 3.80. The minimum absolute atomic E-state index is 0.0654. The molecule has 2 aromatic carbocycles. The van der Waals surface area contributed by atoms with Gasteiger partial charge in [-0.05, 0) is 30.3 Å². The number of benzene rings is 2. The van der Waals surface area contributed by atoms with Gasteiger partial charge >= 0.3 is 5.97 Å². The molecule has 5 nitrogen and oxygen atoms in total. The number of aromatic nitrogens is 2. The Balaban J connectivity index is 1.45. The fourth-order valence-electron chi connectivity index (χ4n) is 2.29. The van der Waals surface area contributed by atoms with Crippen LogP contribution in [0.1, 0.15) is 16.1 Å². The van der Waals surface area contributed by atoms with Crippen molar-refractivity contribution >= 4 is 27.5 Å². The summed E-state index contributed by atoms with van der Waals surface area (Å²) in [5, 5.41) is 0. The Bertz CT molecular complexity index is 992. The second kappa shape index (κ2) is 6.25. The fraction of sp³-hybridized carbons (Fsp3) is 0.0556. The Morgan fingerprint density at radius 1 is 1.17 bits per heavy atom. The summed E-state index contributed by atoms with van der Waals surface area (Å²) in [5.41, 5.74) is 4.58. The van der Waals surface area contributed by atoms with E-state index in [2.05, 4.69) is 9.97 Å². The molecule has 6 heteroatoms. The van der Waals surface area contributed by atoms with Crippen molar-refractivity contribution < 1.29 is 13.9 Å². The normalized spacial score (nSPS) is 10.8. The molecule has 2 aromatic heterocycles. The minimum Gasteiger partial charge on any atom is -0.455 e. The number of hydrogen-bond donors (Lipinski definition) is 0. The number of carbonyl (C=O) groups excluding carboxylic acids is 1. The Morgan fingerprint density at radius 2 is 2.04 bits per heavy atom. The highest BCUT2D eigenvalue weighted by Gasteiger charge is 2.12. The Labute approximate surface area is 141 Å². The molecule has 0 aliphatic heterocycles. The predicted molar refractivity (Wildman–Crippen MR) is 90.7 cm³/mol. The SMILES string of the molecule is O=C(OCc1coc(-c2ccccc2)n1)c1ccc2ncsc2c1. The lowest BCUT2D eigenvalue weighted by atomic mass is 10.2. The first-order valence-electron chi connectivity index (χ1n) is 7.30. The predicted octanol–water partition coefficient (Wildman–Crippen LogP) is 4.31. The molecule has 0 amide bonds. The zero-order valence-electron chi connectivity index (χ0n) is 12.5. The van der Waals surface area contributed by atoms with Crippen molar-refractivity contribution in [2.75, 3.05) is 0 Å². The van der Waals surface area contributed by atoms with E-state index in [1.807, 2.05) is 36.4 Å². The summed E-state index contributed by atoms with van der Waals surface area (Å²) in [5.74, 6) is 0.113. The molecule has 0 atom stereocenters. The average molecular weight is 336 g/mol. The molecule has 2 heterocycles. The van der Waals surface area contributed by atoms with Gasteiger partial charge in [-0.2, -0.15) is 0 Å². The van der Waals surface area contributed by atoms with E-state index in [1.165, 1.54) is 17.6 Å².